The van der Waals surface area contributed by atoms with Crippen LogP contribution in [-0.4, -0.2) is 15.0 Å². The molecule has 0 unspecified atom stereocenters. The van der Waals surface area contributed by atoms with Gasteiger partial charge in [0.05, 0.1) is 0 Å². The zero-order valence-corrected chi connectivity index (χ0v) is 11.7. The molecular weight excluding hydrogens is 246 g/mol. The Hall–Kier alpha value is -0.900. The third-order valence-electron chi connectivity index (χ3n) is 3.13. The Bertz CT molecular complexity index is 349. The Morgan fingerprint density at radius 2 is 1.72 bits per heavy atom. The average Bonchev–Trinajstić information content (AvgIpc) is 2.72. The summed E-state index contributed by atoms with van der Waals surface area (Å²) in [6.07, 6.45) is 11.3. The van der Waals surface area contributed by atoms with Crippen molar-refractivity contribution in [1.29, 1.82) is 0 Å². The maximum Gasteiger partial charge on any atom is 0.303 e. The lowest BCUT2D eigenvalue weighted by molar-refractivity contribution is -0.137. The molecule has 0 fully saturated rings. The van der Waals surface area contributed by atoms with Gasteiger partial charge in [0.2, 0.25) is 0 Å². The molecule has 102 valence electrons. The number of unbranched alkanes of at least 4 members (excludes halogenated alkanes) is 6. The molecule has 0 bridgehead atoms. The molecule has 0 aliphatic carbocycles. The predicted molar refractivity (Wildman–Crippen MR) is 77.1 cm³/mol. The van der Waals surface area contributed by atoms with Crippen molar-refractivity contribution in [2.45, 2.75) is 57.8 Å². The first-order chi connectivity index (χ1) is 8.70. The summed E-state index contributed by atoms with van der Waals surface area (Å²) >= 11 is 4.32. The van der Waals surface area contributed by atoms with Gasteiger partial charge in [-0.3, -0.25) is 8.77 Å². The number of carboxylic acid groups (broad SMARTS) is 1. The summed E-state index contributed by atoms with van der Waals surface area (Å²) in [7, 11) is 0. The van der Waals surface area contributed by atoms with Crippen LogP contribution in [0.15, 0.2) is 18.3 Å². The minimum absolute atomic E-state index is 0.318. The smallest absolute Gasteiger partial charge is 0.303 e. The fourth-order valence-electron chi connectivity index (χ4n) is 2.07. The summed E-state index contributed by atoms with van der Waals surface area (Å²) in [6.45, 7) is 0. The zero-order valence-electron chi connectivity index (χ0n) is 10.8. The molecule has 1 heterocycles. The van der Waals surface area contributed by atoms with Crippen molar-refractivity contribution in [3.05, 3.63) is 24.0 Å². The maximum atomic E-state index is 10.3. The van der Waals surface area contributed by atoms with Gasteiger partial charge in [0.25, 0.3) is 0 Å². The van der Waals surface area contributed by atoms with E-state index in [9.17, 15) is 4.79 Å². The number of hydrogen-bond donors (Lipinski definition) is 2. The molecule has 0 saturated heterocycles. The van der Waals surface area contributed by atoms with Gasteiger partial charge < -0.3 is 5.11 Å². The Balaban J connectivity index is 1.87. The quantitative estimate of drug-likeness (QED) is 0.499. The van der Waals surface area contributed by atoms with Gasteiger partial charge in [0.1, 0.15) is 0 Å². The summed E-state index contributed by atoms with van der Waals surface area (Å²) in [4.78, 5) is 10.3. The molecule has 0 saturated carbocycles. The first-order valence-corrected chi connectivity index (χ1v) is 7.17. The molecule has 0 aliphatic rings. The van der Waals surface area contributed by atoms with Gasteiger partial charge >= 0.3 is 5.97 Å². The fraction of sp³-hybridized carbons (Fsp3) is 0.643. The van der Waals surface area contributed by atoms with Crippen LogP contribution in [0.4, 0.5) is 0 Å². The normalized spacial score (nSPS) is 10.7. The van der Waals surface area contributed by atoms with Gasteiger partial charge in [0.15, 0.2) is 0 Å². The number of nitrogens with zero attached hydrogens (tertiary/aromatic N) is 1. The molecular formula is C14H23NO2S. The van der Waals surface area contributed by atoms with E-state index in [2.05, 4.69) is 18.9 Å². The maximum absolute atomic E-state index is 10.3. The van der Waals surface area contributed by atoms with Crippen molar-refractivity contribution in [2.24, 2.45) is 0 Å². The van der Waals surface area contributed by atoms with Crippen molar-refractivity contribution >= 4 is 18.8 Å². The average molecular weight is 269 g/mol. The SMILES string of the molecule is O=C(O)CCCCCCCCCc1cccn1S. The van der Waals surface area contributed by atoms with Gasteiger partial charge in [0, 0.05) is 18.3 Å². The predicted octanol–water partition coefficient (Wildman–Crippen LogP) is 3.93. The number of rotatable bonds is 10. The summed E-state index contributed by atoms with van der Waals surface area (Å²) < 4.78 is 1.88. The molecule has 1 aromatic heterocycles. The Morgan fingerprint density at radius 3 is 2.28 bits per heavy atom. The molecule has 0 amide bonds. The van der Waals surface area contributed by atoms with Crippen LogP contribution in [-0.2, 0) is 11.2 Å². The number of aromatic nitrogens is 1. The van der Waals surface area contributed by atoms with Crippen molar-refractivity contribution in [1.82, 2.24) is 3.97 Å². The van der Waals surface area contributed by atoms with E-state index in [-0.39, 0.29) is 0 Å². The minimum atomic E-state index is -0.676. The van der Waals surface area contributed by atoms with E-state index in [0.29, 0.717) is 6.42 Å². The summed E-state index contributed by atoms with van der Waals surface area (Å²) in [5, 5.41) is 8.49. The summed E-state index contributed by atoms with van der Waals surface area (Å²) in [6, 6.07) is 4.13. The highest BCUT2D eigenvalue weighted by Crippen LogP contribution is 2.12. The molecule has 0 spiro atoms. The highest BCUT2D eigenvalue weighted by Gasteiger charge is 1.98. The minimum Gasteiger partial charge on any atom is -0.481 e. The topological polar surface area (TPSA) is 42.2 Å². The number of carboxylic acids is 1. The lowest BCUT2D eigenvalue weighted by atomic mass is 10.1. The first kappa shape index (κ1) is 15.2. The van der Waals surface area contributed by atoms with Crippen LogP contribution in [0.25, 0.3) is 0 Å². The second-order valence-corrected chi connectivity index (χ2v) is 5.14. The molecule has 1 rings (SSSR count). The third kappa shape index (κ3) is 6.74. The van der Waals surface area contributed by atoms with Crippen LogP contribution in [0.3, 0.4) is 0 Å². The summed E-state index contributed by atoms with van der Waals surface area (Å²) in [5.74, 6) is -0.676. The Kier molecular flexibility index (Phi) is 7.65. The number of carbonyl (C=O) groups is 1. The second-order valence-electron chi connectivity index (χ2n) is 4.71. The van der Waals surface area contributed by atoms with E-state index in [1.54, 1.807) is 0 Å². The van der Waals surface area contributed by atoms with E-state index in [1.165, 1.54) is 31.4 Å². The van der Waals surface area contributed by atoms with Crippen LogP contribution in [0.2, 0.25) is 0 Å². The number of aliphatic carboxylic acids is 1. The summed E-state index contributed by atoms with van der Waals surface area (Å²) in [5.41, 5.74) is 1.28. The number of hydrogen-bond acceptors (Lipinski definition) is 2. The van der Waals surface area contributed by atoms with Gasteiger partial charge in [-0.1, -0.05) is 44.9 Å². The van der Waals surface area contributed by atoms with E-state index >= 15 is 0 Å². The first-order valence-electron chi connectivity index (χ1n) is 6.77. The largest absolute Gasteiger partial charge is 0.481 e. The van der Waals surface area contributed by atoms with Crippen LogP contribution >= 0.6 is 12.8 Å². The molecule has 18 heavy (non-hydrogen) atoms. The van der Waals surface area contributed by atoms with Crippen molar-refractivity contribution in [3.63, 3.8) is 0 Å². The van der Waals surface area contributed by atoms with E-state index in [1.807, 2.05) is 16.2 Å². The van der Waals surface area contributed by atoms with Crippen LogP contribution < -0.4 is 0 Å². The van der Waals surface area contributed by atoms with Gasteiger partial charge in [-0.2, -0.15) is 0 Å². The van der Waals surface area contributed by atoms with Crippen molar-refractivity contribution in [3.8, 4) is 0 Å². The monoisotopic (exact) mass is 269 g/mol. The van der Waals surface area contributed by atoms with E-state index in [4.69, 9.17) is 5.11 Å². The van der Waals surface area contributed by atoms with Crippen molar-refractivity contribution in [2.75, 3.05) is 0 Å². The number of thiol groups is 1. The standard InChI is InChI=1S/C14H23NO2S/c16-14(17)11-7-5-3-1-2-4-6-9-13-10-8-12-15(13)18/h8,10,12,18H,1-7,9,11H2,(H,16,17). The Labute approximate surface area is 115 Å². The van der Waals surface area contributed by atoms with Gasteiger partial charge in [-0.25, -0.2) is 0 Å². The second kappa shape index (κ2) is 9.09. The molecule has 1 N–H and O–H groups in total. The molecule has 3 nitrogen and oxygen atoms in total. The molecule has 0 atom stereocenters. The van der Waals surface area contributed by atoms with Crippen molar-refractivity contribution < 1.29 is 9.90 Å². The lowest BCUT2D eigenvalue weighted by Gasteiger charge is -2.03. The van der Waals surface area contributed by atoms with Crippen LogP contribution in [0, 0.1) is 0 Å². The van der Waals surface area contributed by atoms with E-state index in [0.717, 1.165) is 25.7 Å². The Morgan fingerprint density at radius 1 is 1.11 bits per heavy atom. The lowest BCUT2D eigenvalue weighted by Crippen LogP contribution is -1.93. The van der Waals surface area contributed by atoms with Crippen LogP contribution in [0.5, 0.6) is 0 Å². The fourth-order valence-corrected chi connectivity index (χ4v) is 2.32. The van der Waals surface area contributed by atoms with Gasteiger partial charge in [-0.15, -0.1) is 0 Å². The third-order valence-corrected chi connectivity index (χ3v) is 3.52. The molecule has 1 aromatic rings. The zero-order chi connectivity index (χ0) is 13.2. The highest BCUT2D eigenvalue weighted by atomic mass is 32.1. The highest BCUT2D eigenvalue weighted by molar-refractivity contribution is 7.78. The molecule has 4 heteroatoms. The van der Waals surface area contributed by atoms with Gasteiger partial charge in [-0.05, 0) is 31.4 Å². The van der Waals surface area contributed by atoms with E-state index < -0.39 is 5.97 Å². The molecule has 0 radical (unpaired) electrons. The molecule has 0 aromatic carbocycles. The molecule has 0 aliphatic heterocycles. The van der Waals surface area contributed by atoms with Crippen LogP contribution in [0.1, 0.15) is 57.1 Å². The number of aryl methyl sites for hydroxylation is 1.